The smallest absolute Gasteiger partial charge is 0.245 e. The lowest BCUT2D eigenvalue weighted by molar-refractivity contribution is 0.391. The second-order valence-corrected chi connectivity index (χ2v) is 8.30. The Labute approximate surface area is 181 Å². The van der Waals surface area contributed by atoms with Gasteiger partial charge in [0.2, 0.25) is 10.0 Å². The Hall–Kier alpha value is -3.24. The number of aromatic nitrogens is 2. The van der Waals surface area contributed by atoms with Crippen molar-refractivity contribution in [1.29, 1.82) is 0 Å². The molecule has 0 spiro atoms. The van der Waals surface area contributed by atoms with Crippen molar-refractivity contribution in [2.45, 2.75) is 10.9 Å². The molecule has 10 heteroatoms. The first kappa shape index (κ1) is 22.4. The number of nitrogens with one attached hydrogen (secondary N) is 1. The lowest BCUT2D eigenvalue weighted by atomic mass is 10.1. The van der Waals surface area contributed by atoms with E-state index in [1.165, 1.54) is 40.6 Å². The molecule has 1 aromatic heterocycles. The van der Waals surface area contributed by atoms with Crippen LogP contribution >= 0.6 is 0 Å². The summed E-state index contributed by atoms with van der Waals surface area (Å²) in [5, 5.41) is 0. The third-order valence-corrected chi connectivity index (χ3v) is 6.20. The van der Waals surface area contributed by atoms with Crippen molar-refractivity contribution < 1.29 is 27.4 Å². The van der Waals surface area contributed by atoms with E-state index in [1.54, 1.807) is 48.3 Å². The summed E-state index contributed by atoms with van der Waals surface area (Å²) in [5.74, 6) is 2.10. The summed E-state index contributed by atoms with van der Waals surface area (Å²) in [6.45, 7) is 0. The maximum atomic E-state index is 13.4. The van der Waals surface area contributed by atoms with Gasteiger partial charge in [-0.25, -0.2) is 13.4 Å². The number of nitrogens with zero attached hydrogens (tertiary/aromatic N) is 2. The molecule has 1 N–H and O–H groups in total. The van der Waals surface area contributed by atoms with E-state index in [-0.39, 0.29) is 10.6 Å². The summed E-state index contributed by atoms with van der Waals surface area (Å²) < 4.78 is 52.5. The van der Waals surface area contributed by atoms with Gasteiger partial charge in [-0.15, -0.1) is 0 Å². The zero-order chi connectivity index (χ0) is 22.6. The normalized spacial score (nSPS) is 12.3. The monoisotopic (exact) mass is 447 g/mol. The van der Waals surface area contributed by atoms with Crippen LogP contribution in [0, 0.1) is 0 Å². The summed E-state index contributed by atoms with van der Waals surface area (Å²) >= 11 is 0. The van der Waals surface area contributed by atoms with Gasteiger partial charge in [-0.05, 0) is 29.8 Å². The van der Waals surface area contributed by atoms with Crippen molar-refractivity contribution in [3.8, 4) is 23.0 Å². The first-order valence-electron chi connectivity index (χ1n) is 9.27. The van der Waals surface area contributed by atoms with Crippen LogP contribution in [0.1, 0.15) is 17.4 Å². The van der Waals surface area contributed by atoms with E-state index in [0.29, 0.717) is 28.6 Å². The minimum absolute atomic E-state index is 0.0524. The van der Waals surface area contributed by atoms with Gasteiger partial charge in [0.25, 0.3) is 0 Å². The number of benzene rings is 2. The summed E-state index contributed by atoms with van der Waals surface area (Å²) in [5.41, 5.74) is 0.593. The number of methoxy groups -OCH3 is 4. The minimum Gasteiger partial charge on any atom is -0.497 e. The van der Waals surface area contributed by atoms with Crippen molar-refractivity contribution in [3.05, 3.63) is 60.2 Å². The standard InChI is InChI=1S/C21H25N3O6S/c1-24-9-8-22-21(24)20(14-10-16(28-3)12-17(11-14)29-4)23-31(25,26)19-13-15(27-2)6-7-18(19)30-5/h6-13,20,23H,1-5H3. The van der Waals surface area contributed by atoms with Gasteiger partial charge in [-0.2, -0.15) is 4.72 Å². The van der Waals surface area contributed by atoms with Gasteiger partial charge in [0.1, 0.15) is 39.8 Å². The van der Waals surface area contributed by atoms with Crippen LogP contribution in [0.5, 0.6) is 23.0 Å². The van der Waals surface area contributed by atoms with E-state index in [1.807, 2.05) is 0 Å². The van der Waals surface area contributed by atoms with Crippen LogP contribution in [-0.4, -0.2) is 46.4 Å². The Bertz CT molecular complexity index is 1140. The molecule has 0 bridgehead atoms. The first-order chi connectivity index (χ1) is 14.8. The molecule has 0 aliphatic rings. The Balaban J connectivity index is 2.14. The minimum atomic E-state index is -4.05. The molecule has 2 aromatic carbocycles. The van der Waals surface area contributed by atoms with E-state index in [0.717, 1.165) is 0 Å². The Morgan fingerprint density at radius 1 is 0.903 bits per heavy atom. The molecule has 1 unspecified atom stereocenters. The molecule has 0 aliphatic heterocycles. The van der Waals surface area contributed by atoms with E-state index in [9.17, 15) is 8.42 Å². The lowest BCUT2D eigenvalue weighted by Crippen LogP contribution is -2.31. The highest BCUT2D eigenvalue weighted by Crippen LogP contribution is 2.33. The lowest BCUT2D eigenvalue weighted by Gasteiger charge is -2.21. The Morgan fingerprint density at radius 2 is 1.55 bits per heavy atom. The number of imidazole rings is 1. The summed E-state index contributed by atoms with van der Waals surface area (Å²) in [7, 11) is 3.65. The zero-order valence-electron chi connectivity index (χ0n) is 17.9. The second-order valence-electron chi connectivity index (χ2n) is 6.61. The summed E-state index contributed by atoms with van der Waals surface area (Å²) in [6, 6.07) is 8.91. The highest BCUT2D eigenvalue weighted by molar-refractivity contribution is 7.89. The maximum Gasteiger partial charge on any atom is 0.245 e. The van der Waals surface area contributed by atoms with Crippen LogP contribution in [0.4, 0.5) is 0 Å². The van der Waals surface area contributed by atoms with E-state index in [2.05, 4.69) is 9.71 Å². The highest BCUT2D eigenvalue weighted by atomic mass is 32.2. The number of ether oxygens (including phenoxy) is 4. The molecule has 0 saturated carbocycles. The Morgan fingerprint density at radius 3 is 2.06 bits per heavy atom. The molecule has 9 nitrogen and oxygen atoms in total. The Kier molecular flexibility index (Phi) is 6.71. The predicted octanol–water partition coefficient (Wildman–Crippen LogP) is 2.52. The quantitative estimate of drug-likeness (QED) is 0.538. The van der Waals surface area contributed by atoms with Crippen LogP contribution in [-0.2, 0) is 17.1 Å². The zero-order valence-corrected chi connectivity index (χ0v) is 18.8. The van der Waals surface area contributed by atoms with Crippen LogP contribution in [0.2, 0.25) is 0 Å². The van der Waals surface area contributed by atoms with Crippen molar-refractivity contribution in [3.63, 3.8) is 0 Å². The van der Waals surface area contributed by atoms with Crippen LogP contribution in [0.25, 0.3) is 0 Å². The van der Waals surface area contributed by atoms with E-state index >= 15 is 0 Å². The van der Waals surface area contributed by atoms with Crippen molar-refractivity contribution in [2.24, 2.45) is 7.05 Å². The average molecular weight is 448 g/mol. The topological polar surface area (TPSA) is 101 Å². The molecule has 0 amide bonds. The van der Waals surface area contributed by atoms with E-state index < -0.39 is 16.1 Å². The molecular formula is C21H25N3O6S. The predicted molar refractivity (Wildman–Crippen MR) is 114 cm³/mol. The summed E-state index contributed by atoms with van der Waals surface area (Å²) in [6.07, 6.45) is 3.33. The number of sulfonamides is 1. The van der Waals surface area contributed by atoms with Gasteiger partial charge in [0.05, 0.1) is 28.4 Å². The SMILES string of the molecule is COc1cc(OC)cc(C(NS(=O)(=O)c2cc(OC)ccc2OC)c2nccn2C)c1. The fourth-order valence-electron chi connectivity index (χ4n) is 3.13. The molecule has 0 radical (unpaired) electrons. The molecule has 3 rings (SSSR count). The van der Waals surface area contributed by atoms with Gasteiger partial charge in [-0.1, -0.05) is 0 Å². The van der Waals surface area contributed by atoms with Crippen molar-refractivity contribution in [2.75, 3.05) is 28.4 Å². The average Bonchev–Trinajstić information content (AvgIpc) is 3.22. The van der Waals surface area contributed by atoms with Gasteiger partial charge < -0.3 is 23.5 Å². The number of hydrogen-bond donors (Lipinski definition) is 1. The van der Waals surface area contributed by atoms with Gasteiger partial charge in [-0.3, -0.25) is 0 Å². The fraction of sp³-hybridized carbons (Fsp3) is 0.286. The third kappa shape index (κ3) is 4.75. The second kappa shape index (κ2) is 9.27. The van der Waals surface area contributed by atoms with Gasteiger partial charge in [0, 0.05) is 31.6 Å². The first-order valence-corrected chi connectivity index (χ1v) is 10.8. The van der Waals surface area contributed by atoms with Crippen molar-refractivity contribution in [1.82, 2.24) is 14.3 Å². The third-order valence-electron chi connectivity index (χ3n) is 4.76. The number of rotatable bonds is 9. The molecule has 0 saturated heterocycles. The fourth-order valence-corrected chi connectivity index (χ4v) is 4.50. The molecule has 0 aliphatic carbocycles. The summed E-state index contributed by atoms with van der Waals surface area (Å²) in [4.78, 5) is 4.30. The molecule has 1 heterocycles. The molecule has 31 heavy (non-hydrogen) atoms. The van der Waals surface area contributed by atoms with E-state index in [4.69, 9.17) is 18.9 Å². The van der Waals surface area contributed by atoms with Crippen LogP contribution in [0.15, 0.2) is 53.7 Å². The van der Waals surface area contributed by atoms with Crippen molar-refractivity contribution >= 4 is 10.0 Å². The highest BCUT2D eigenvalue weighted by Gasteiger charge is 2.29. The van der Waals surface area contributed by atoms with Gasteiger partial charge in [0.15, 0.2) is 0 Å². The molecular weight excluding hydrogens is 422 g/mol. The molecule has 166 valence electrons. The molecule has 1 atom stereocenters. The number of aryl methyl sites for hydroxylation is 1. The van der Waals surface area contributed by atoms with Gasteiger partial charge >= 0.3 is 0 Å². The molecule has 3 aromatic rings. The largest absolute Gasteiger partial charge is 0.497 e. The molecule has 0 fully saturated rings. The van der Waals surface area contributed by atoms with Crippen LogP contribution < -0.4 is 23.7 Å². The number of hydrogen-bond acceptors (Lipinski definition) is 7. The maximum absolute atomic E-state index is 13.4. The van der Waals surface area contributed by atoms with Crippen LogP contribution in [0.3, 0.4) is 0 Å².